The van der Waals surface area contributed by atoms with Crippen LogP contribution in [0.15, 0.2) is 24.7 Å². The second-order valence-corrected chi connectivity index (χ2v) is 6.28. The van der Waals surface area contributed by atoms with Crippen LogP contribution in [0.5, 0.6) is 0 Å². The minimum Gasteiger partial charge on any atom is -0.386 e. The largest absolute Gasteiger partial charge is 0.386 e. The van der Waals surface area contributed by atoms with E-state index < -0.39 is 5.60 Å². The molecule has 1 fully saturated rings. The van der Waals surface area contributed by atoms with Crippen LogP contribution in [0.1, 0.15) is 38.4 Å². The van der Waals surface area contributed by atoms with E-state index in [0.29, 0.717) is 19.0 Å². The summed E-state index contributed by atoms with van der Waals surface area (Å²) in [6, 6.07) is 1.91. The van der Waals surface area contributed by atoms with E-state index in [-0.39, 0.29) is 0 Å². The van der Waals surface area contributed by atoms with Gasteiger partial charge in [0.05, 0.1) is 12.7 Å². The van der Waals surface area contributed by atoms with Gasteiger partial charge in [-0.05, 0) is 18.9 Å². The molecule has 0 radical (unpaired) electrons. The van der Waals surface area contributed by atoms with Gasteiger partial charge in [0.1, 0.15) is 17.2 Å². The Morgan fingerprint density at radius 2 is 2.23 bits per heavy atom. The van der Waals surface area contributed by atoms with Gasteiger partial charge in [0, 0.05) is 31.4 Å². The number of β-amino-alcohol motifs (C(OH)–C–C–N with tert-alkyl or cyclic N) is 1. The Bertz CT molecular complexity index is 614. The van der Waals surface area contributed by atoms with E-state index in [1.807, 2.05) is 6.07 Å². The van der Waals surface area contributed by atoms with Crippen molar-refractivity contribution in [1.82, 2.24) is 25.0 Å². The van der Waals surface area contributed by atoms with Crippen molar-refractivity contribution < 1.29 is 5.11 Å². The minimum absolute atomic E-state index is 0.291. The predicted octanol–water partition coefficient (Wildman–Crippen LogP) is 1.22. The number of nitrogens with zero attached hydrogens (tertiary/aromatic N) is 6. The molecule has 7 heteroatoms. The lowest BCUT2D eigenvalue weighted by Crippen LogP contribution is -2.51. The highest BCUT2D eigenvalue weighted by atomic mass is 16.3. The zero-order chi connectivity index (χ0) is 15.6. The molecule has 2 aromatic rings. The lowest BCUT2D eigenvalue weighted by Gasteiger charge is -2.39. The number of hydrogen-bond donors (Lipinski definition) is 1. The number of aromatic nitrogens is 5. The van der Waals surface area contributed by atoms with Gasteiger partial charge < -0.3 is 10.0 Å². The molecule has 1 N–H and O–H groups in total. The molecule has 0 amide bonds. The molecule has 1 aliphatic heterocycles. The maximum absolute atomic E-state index is 10.9. The zero-order valence-corrected chi connectivity index (χ0v) is 13.1. The molecule has 118 valence electrons. The van der Waals surface area contributed by atoms with Crippen LogP contribution in [0.3, 0.4) is 0 Å². The lowest BCUT2D eigenvalue weighted by atomic mass is 9.93. The zero-order valence-electron chi connectivity index (χ0n) is 13.1. The smallest absolute Gasteiger partial charge is 0.133 e. The molecular weight excluding hydrogens is 280 g/mol. The van der Waals surface area contributed by atoms with E-state index in [0.717, 1.165) is 31.0 Å². The molecule has 1 aliphatic rings. The van der Waals surface area contributed by atoms with Crippen molar-refractivity contribution in [1.29, 1.82) is 0 Å². The SMILES string of the molecule is CC(C)c1nccc(N2CCCC(O)(Cn3ccnn3)C2)n1. The van der Waals surface area contributed by atoms with Gasteiger partial charge in [-0.25, -0.2) is 14.6 Å². The van der Waals surface area contributed by atoms with Crippen LogP contribution in [0, 0.1) is 0 Å². The first-order valence-corrected chi connectivity index (χ1v) is 7.70. The van der Waals surface area contributed by atoms with Crippen molar-refractivity contribution in [3.05, 3.63) is 30.5 Å². The first kappa shape index (κ1) is 14.9. The average molecular weight is 302 g/mol. The highest BCUT2D eigenvalue weighted by molar-refractivity contribution is 5.39. The summed E-state index contributed by atoms with van der Waals surface area (Å²) in [5.41, 5.74) is -0.811. The summed E-state index contributed by atoms with van der Waals surface area (Å²) in [4.78, 5) is 11.1. The summed E-state index contributed by atoms with van der Waals surface area (Å²) in [5, 5.41) is 18.6. The Hall–Kier alpha value is -2.02. The van der Waals surface area contributed by atoms with Gasteiger partial charge in [0.2, 0.25) is 0 Å². The van der Waals surface area contributed by atoms with E-state index in [9.17, 15) is 5.11 Å². The van der Waals surface area contributed by atoms with E-state index in [1.165, 1.54) is 0 Å². The average Bonchev–Trinajstić information content (AvgIpc) is 2.99. The first-order valence-electron chi connectivity index (χ1n) is 7.70. The van der Waals surface area contributed by atoms with Gasteiger partial charge in [0.25, 0.3) is 0 Å². The topological polar surface area (TPSA) is 80.0 Å². The van der Waals surface area contributed by atoms with Crippen LogP contribution < -0.4 is 4.90 Å². The molecule has 3 rings (SSSR count). The fourth-order valence-corrected chi connectivity index (χ4v) is 2.87. The molecule has 22 heavy (non-hydrogen) atoms. The molecule has 0 saturated carbocycles. The fourth-order valence-electron chi connectivity index (χ4n) is 2.87. The Labute approximate surface area is 130 Å². The van der Waals surface area contributed by atoms with Crippen molar-refractivity contribution in [2.45, 2.75) is 44.8 Å². The van der Waals surface area contributed by atoms with Crippen LogP contribution in [0.25, 0.3) is 0 Å². The van der Waals surface area contributed by atoms with Gasteiger partial charge in [-0.1, -0.05) is 19.1 Å². The van der Waals surface area contributed by atoms with Gasteiger partial charge >= 0.3 is 0 Å². The quantitative estimate of drug-likeness (QED) is 0.915. The molecule has 2 aromatic heterocycles. The monoisotopic (exact) mass is 302 g/mol. The Morgan fingerprint density at radius 3 is 2.95 bits per heavy atom. The second-order valence-electron chi connectivity index (χ2n) is 6.28. The Balaban J connectivity index is 1.76. The van der Waals surface area contributed by atoms with Gasteiger partial charge in [-0.3, -0.25) is 0 Å². The predicted molar refractivity (Wildman–Crippen MR) is 82.5 cm³/mol. The number of piperidine rings is 1. The molecule has 1 saturated heterocycles. The van der Waals surface area contributed by atoms with Crippen molar-refractivity contribution in [3.8, 4) is 0 Å². The molecule has 3 heterocycles. The molecule has 7 nitrogen and oxygen atoms in total. The Kier molecular flexibility index (Phi) is 4.06. The lowest BCUT2D eigenvalue weighted by molar-refractivity contribution is 0.00584. The highest BCUT2D eigenvalue weighted by Crippen LogP contribution is 2.26. The third-order valence-electron chi connectivity index (χ3n) is 3.98. The van der Waals surface area contributed by atoms with E-state index in [1.54, 1.807) is 23.3 Å². The highest BCUT2D eigenvalue weighted by Gasteiger charge is 2.34. The fraction of sp³-hybridized carbons (Fsp3) is 0.600. The van der Waals surface area contributed by atoms with Crippen LogP contribution in [-0.2, 0) is 6.54 Å². The van der Waals surface area contributed by atoms with E-state index in [4.69, 9.17) is 0 Å². The maximum atomic E-state index is 10.9. The van der Waals surface area contributed by atoms with Crippen molar-refractivity contribution in [3.63, 3.8) is 0 Å². The van der Waals surface area contributed by atoms with E-state index in [2.05, 4.69) is 39.0 Å². The van der Waals surface area contributed by atoms with Crippen LogP contribution in [-0.4, -0.2) is 48.8 Å². The standard InChI is InChI=1S/C15H22N6O/c1-12(2)14-16-6-4-13(18-14)20-8-3-5-15(22,10-20)11-21-9-7-17-19-21/h4,6-7,9,12,22H,3,5,8,10-11H2,1-2H3. The van der Waals surface area contributed by atoms with Crippen molar-refractivity contribution >= 4 is 5.82 Å². The third kappa shape index (κ3) is 3.24. The summed E-state index contributed by atoms with van der Waals surface area (Å²) >= 11 is 0. The molecule has 0 aromatic carbocycles. The summed E-state index contributed by atoms with van der Waals surface area (Å²) in [6.07, 6.45) is 6.88. The van der Waals surface area contributed by atoms with Crippen molar-refractivity contribution in [2.75, 3.05) is 18.0 Å². The minimum atomic E-state index is -0.811. The molecular formula is C15H22N6O. The third-order valence-corrected chi connectivity index (χ3v) is 3.98. The van der Waals surface area contributed by atoms with Crippen LogP contribution in [0.2, 0.25) is 0 Å². The summed E-state index contributed by atoms with van der Waals surface area (Å²) in [7, 11) is 0. The van der Waals surface area contributed by atoms with Gasteiger partial charge in [-0.2, -0.15) is 0 Å². The molecule has 1 unspecified atom stereocenters. The number of aliphatic hydroxyl groups is 1. The number of hydrogen-bond acceptors (Lipinski definition) is 6. The molecule has 0 aliphatic carbocycles. The summed E-state index contributed by atoms with van der Waals surface area (Å²) in [5.74, 6) is 2.01. The van der Waals surface area contributed by atoms with Crippen LogP contribution >= 0.6 is 0 Å². The van der Waals surface area contributed by atoms with E-state index >= 15 is 0 Å². The number of rotatable bonds is 4. The first-order chi connectivity index (χ1) is 10.6. The molecule has 0 bridgehead atoms. The summed E-state index contributed by atoms with van der Waals surface area (Å²) in [6.45, 7) is 6.05. The second kappa shape index (κ2) is 6.00. The summed E-state index contributed by atoms with van der Waals surface area (Å²) < 4.78 is 1.68. The van der Waals surface area contributed by atoms with Crippen LogP contribution in [0.4, 0.5) is 5.82 Å². The van der Waals surface area contributed by atoms with Gasteiger partial charge in [-0.15, -0.1) is 5.10 Å². The normalized spacial score (nSPS) is 22.3. The number of anilines is 1. The van der Waals surface area contributed by atoms with Crippen molar-refractivity contribution in [2.24, 2.45) is 0 Å². The molecule has 1 atom stereocenters. The van der Waals surface area contributed by atoms with Gasteiger partial charge in [0.15, 0.2) is 0 Å². The maximum Gasteiger partial charge on any atom is 0.133 e. The molecule has 0 spiro atoms. The Morgan fingerprint density at radius 1 is 1.36 bits per heavy atom.